The van der Waals surface area contributed by atoms with Gasteiger partial charge in [0.15, 0.2) is 0 Å². The van der Waals surface area contributed by atoms with Crippen molar-refractivity contribution in [2.75, 3.05) is 6.54 Å². The van der Waals surface area contributed by atoms with Gasteiger partial charge in [-0.2, -0.15) is 5.10 Å². The third-order valence-electron chi connectivity index (χ3n) is 3.33. The summed E-state index contributed by atoms with van der Waals surface area (Å²) in [6, 6.07) is 0.492. The van der Waals surface area contributed by atoms with Gasteiger partial charge in [0.1, 0.15) is 0 Å². The lowest BCUT2D eigenvalue weighted by Gasteiger charge is -2.26. The molecular formula is C12H20BrN3. The number of rotatable bonds is 6. The number of hydrogen-bond donors (Lipinski definition) is 1. The van der Waals surface area contributed by atoms with E-state index in [2.05, 4.69) is 33.3 Å². The lowest BCUT2D eigenvalue weighted by molar-refractivity contribution is 0.285. The molecule has 1 aromatic rings. The molecule has 1 heterocycles. The van der Waals surface area contributed by atoms with Crippen molar-refractivity contribution in [3.05, 3.63) is 16.9 Å². The highest BCUT2D eigenvalue weighted by Crippen LogP contribution is 2.28. The predicted molar refractivity (Wildman–Crippen MR) is 69.3 cm³/mol. The normalized spacial score (nSPS) is 18.4. The molecule has 0 aromatic carbocycles. The maximum atomic E-state index is 4.26. The molecule has 4 heteroatoms. The fourth-order valence-electron chi connectivity index (χ4n) is 2.10. The SMILES string of the molecule is CC(Cn1cc(Br)cn1)NCCC1CCC1. The van der Waals surface area contributed by atoms with E-state index in [4.69, 9.17) is 0 Å². The molecule has 1 atom stereocenters. The second-order valence-corrected chi connectivity index (χ2v) is 5.74. The van der Waals surface area contributed by atoms with Gasteiger partial charge in [-0.15, -0.1) is 0 Å². The summed E-state index contributed by atoms with van der Waals surface area (Å²) in [4.78, 5) is 0. The van der Waals surface area contributed by atoms with Crippen LogP contribution in [0.15, 0.2) is 16.9 Å². The van der Waals surface area contributed by atoms with Gasteiger partial charge in [0, 0.05) is 12.2 Å². The summed E-state index contributed by atoms with van der Waals surface area (Å²) in [5, 5.41) is 7.82. The van der Waals surface area contributed by atoms with Crippen LogP contribution in [0, 0.1) is 5.92 Å². The standard InChI is InChI=1S/C12H20BrN3/c1-10(8-16-9-12(13)7-15-16)14-6-5-11-3-2-4-11/h7,9-11,14H,2-6,8H2,1H3. The molecule has 90 valence electrons. The number of nitrogens with one attached hydrogen (secondary N) is 1. The minimum absolute atomic E-state index is 0.492. The lowest BCUT2D eigenvalue weighted by atomic mass is 9.83. The van der Waals surface area contributed by atoms with E-state index in [0.717, 1.165) is 23.5 Å². The second kappa shape index (κ2) is 5.82. The Labute approximate surface area is 106 Å². The first kappa shape index (κ1) is 12.1. The van der Waals surface area contributed by atoms with Gasteiger partial charge in [-0.05, 0) is 41.7 Å². The van der Waals surface area contributed by atoms with Crippen molar-refractivity contribution in [1.82, 2.24) is 15.1 Å². The molecule has 1 aliphatic rings. The Bertz CT molecular complexity index is 320. The summed E-state index contributed by atoms with van der Waals surface area (Å²) in [6.07, 6.45) is 9.53. The zero-order chi connectivity index (χ0) is 11.4. The van der Waals surface area contributed by atoms with E-state index in [9.17, 15) is 0 Å². The van der Waals surface area contributed by atoms with Crippen LogP contribution in [0.5, 0.6) is 0 Å². The van der Waals surface area contributed by atoms with Crippen LogP contribution in [-0.2, 0) is 6.54 Å². The number of aromatic nitrogens is 2. The number of nitrogens with zero attached hydrogens (tertiary/aromatic N) is 2. The largest absolute Gasteiger partial charge is 0.312 e. The molecule has 0 radical (unpaired) electrons. The summed E-state index contributed by atoms with van der Waals surface area (Å²) in [7, 11) is 0. The topological polar surface area (TPSA) is 29.9 Å². The first-order valence-electron chi connectivity index (χ1n) is 6.15. The van der Waals surface area contributed by atoms with E-state index in [0.29, 0.717) is 6.04 Å². The van der Waals surface area contributed by atoms with E-state index in [1.807, 2.05) is 17.1 Å². The van der Waals surface area contributed by atoms with Crippen LogP contribution < -0.4 is 5.32 Å². The van der Waals surface area contributed by atoms with Crippen LogP contribution in [-0.4, -0.2) is 22.4 Å². The van der Waals surface area contributed by atoms with Crippen LogP contribution in [0.4, 0.5) is 0 Å². The minimum atomic E-state index is 0.492. The maximum Gasteiger partial charge on any atom is 0.0632 e. The van der Waals surface area contributed by atoms with Crippen molar-refractivity contribution >= 4 is 15.9 Å². The molecule has 16 heavy (non-hydrogen) atoms. The minimum Gasteiger partial charge on any atom is -0.312 e. The van der Waals surface area contributed by atoms with Crippen LogP contribution in [0.1, 0.15) is 32.6 Å². The molecule has 3 nitrogen and oxygen atoms in total. The monoisotopic (exact) mass is 285 g/mol. The highest BCUT2D eigenvalue weighted by Gasteiger charge is 2.16. The van der Waals surface area contributed by atoms with Crippen molar-refractivity contribution in [1.29, 1.82) is 0 Å². The Morgan fingerprint density at radius 1 is 1.62 bits per heavy atom. The molecule has 0 amide bonds. The summed E-state index contributed by atoms with van der Waals surface area (Å²) >= 11 is 3.41. The van der Waals surface area contributed by atoms with Crippen molar-refractivity contribution in [3.8, 4) is 0 Å². The Morgan fingerprint density at radius 2 is 2.44 bits per heavy atom. The van der Waals surface area contributed by atoms with E-state index in [-0.39, 0.29) is 0 Å². The molecule has 1 aromatic heterocycles. The molecule has 1 unspecified atom stereocenters. The molecule has 0 bridgehead atoms. The average Bonchev–Trinajstić information content (AvgIpc) is 2.56. The Balaban J connectivity index is 1.61. The molecule has 2 rings (SSSR count). The molecule has 1 N–H and O–H groups in total. The van der Waals surface area contributed by atoms with Crippen molar-refractivity contribution < 1.29 is 0 Å². The van der Waals surface area contributed by atoms with Crippen molar-refractivity contribution in [2.24, 2.45) is 5.92 Å². The van der Waals surface area contributed by atoms with Gasteiger partial charge >= 0.3 is 0 Å². The zero-order valence-corrected chi connectivity index (χ0v) is 11.4. The molecule has 0 aliphatic heterocycles. The first-order valence-corrected chi connectivity index (χ1v) is 6.94. The Hall–Kier alpha value is -0.350. The molecule has 1 aliphatic carbocycles. The molecule has 0 spiro atoms. The third kappa shape index (κ3) is 3.59. The van der Waals surface area contributed by atoms with Crippen LogP contribution in [0.3, 0.4) is 0 Å². The summed E-state index contributed by atoms with van der Waals surface area (Å²) in [5.41, 5.74) is 0. The number of hydrogen-bond acceptors (Lipinski definition) is 2. The fraction of sp³-hybridized carbons (Fsp3) is 0.750. The maximum absolute atomic E-state index is 4.26. The predicted octanol–water partition coefficient (Wildman–Crippen LogP) is 2.81. The Kier molecular flexibility index (Phi) is 4.41. The van der Waals surface area contributed by atoms with Gasteiger partial charge in [-0.3, -0.25) is 4.68 Å². The van der Waals surface area contributed by atoms with Crippen LogP contribution >= 0.6 is 15.9 Å². The van der Waals surface area contributed by atoms with Crippen LogP contribution in [0.25, 0.3) is 0 Å². The lowest BCUT2D eigenvalue weighted by Crippen LogP contribution is -2.32. The van der Waals surface area contributed by atoms with E-state index >= 15 is 0 Å². The molecule has 1 fully saturated rings. The summed E-state index contributed by atoms with van der Waals surface area (Å²) in [5.74, 6) is 0.999. The number of halogens is 1. The first-order chi connectivity index (χ1) is 7.74. The zero-order valence-electron chi connectivity index (χ0n) is 9.82. The van der Waals surface area contributed by atoms with Gasteiger partial charge in [0.25, 0.3) is 0 Å². The average molecular weight is 286 g/mol. The van der Waals surface area contributed by atoms with Gasteiger partial charge in [-0.25, -0.2) is 0 Å². The summed E-state index contributed by atoms with van der Waals surface area (Å²) in [6.45, 7) is 4.31. The van der Waals surface area contributed by atoms with Gasteiger partial charge in [0.05, 0.1) is 17.2 Å². The van der Waals surface area contributed by atoms with Crippen molar-refractivity contribution in [3.63, 3.8) is 0 Å². The highest BCUT2D eigenvalue weighted by molar-refractivity contribution is 9.10. The van der Waals surface area contributed by atoms with Crippen LogP contribution in [0.2, 0.25) is 0 Å². The summed E-state index contributed by atoms with van der Waals surface area (Å²) < 4.78 is 3.03. The van der Waals surface area contributed by atoms with Gasteiger partial charge < -0.3 is 5.32 Å². The Morgan fingerprint density at radius 3 is 3.00 bits per heavy atom. The molecule has 1 saturated carbocycles. The molecular weight excluding hydrogens is 266 g/mol. The van der Waals surface area contributed by atoms with E-state index in [1.165, 1.54) is 25.7 Å². The van der Waals surface area contributed by atoms with Gasteiger partial charge in [0.2, 0.25) is 0 Å². The van der Waals surface area contributed by atoms with E-state index < -0.39 is 0 Å². The fourth-order valence-corrected chi connectivity index (χ4v) is 2.43. The van der Waals surface area contributed by atoms with E-state index in [1.54, 1.807) is 0 Å². The van der Waals surface area contributed by atoms with Crippen molar-refractivity contribution in [2.45, 2.75) is 45.2 Å². The van der Waals surface area contributed by atoms with Gasteiger partial charge in [-0.1, -0.05) is 19.3 Å². The highest BCUT2D eigenvalue weighted by atomic mass is 79.9. The second-order valence-electron chi connectivity index (χ2n) is 4.82. The quantitative estimate of drug-likeness (QED) is 0.871. The molecule has 0 saturated heterocycles. The third-order valence-corrected chi connectivity index (χ3v) is 3.74. The smallest absolute Gasteiger partial charge is 0.0632 e.